The molecule has 0 saturated heterocycles. The van der Waals surface area contributed by atoms with E-state index in [1.807, 2.05) is 0 Å². The van der Waals surface area contributed by atoms with Gasteiger partial charge in [-0.05, 0) is 138 Å². The Morgan fingerprint density at radius 2 is 0.607 bits per heavy atom. The Labute approximate surface area is 854 Å². The first-order chi connectivity index (χ1) is 68.6. The number of nitrogens with zero attached hydrogens (tertiary/aromatic N) is 6. The highest BCUT2D eigenvalue weighted by Gasteiger charge is 2.27. The van der Waals surface area contributed by atoms with Crippen molar-refractivity contribution in [3.05, 3.63) is 20.9 Å². The summed E-state index contributed by atoms with van der Waals surface area (Å²) in [6.07, 6.45) is 2.71. The SMILES string of the molecule is CC(=O)CC[C@H](N)C(C)=O.CC(C)(C)OC(=O)NOCCOCC(=O)N[C@@H](CCC(=O)CCCOCCOCCN)C(=O)CCCOCCOCCN.CC(C)(C)OC(=O)NOCCOCC(=O)N[C@@H](CCC(=O)CCCOCCOCCN=[N+]=[N-])C(=O)CCCOCCOCCN=[N+]=[N-].CNOCCOCCOCC(=O)N[C@@H](CCC(=O)O)C(=O)O.CNOCCOCCOCC(=O)N[C@@H](CCC(C)=O)C(C)=O.Cl. The van der Waals surface area contributed by atoms with E-state index in [1.54, 1.807) is 55.6 Å². The van der Waals surface area contributed by atoms with Gasteiger partial charge in [-0.15, -0.1) is 12.4 Å². The minimum absolute atomic E-state index is 0. The third-order valence-corrected chi connectivity index (χ3v) is 17.2. The Morgan fingerprint density at radius 3 is 0.910 bits per heavy atom. The standard InChI is InChI=1S/C28H50N8O11.C28H54N4O11.C14H26N2O6.C12H22N2O8.C7H13NO2.ClH/c1-28(2,3)47-27(40)34-46-21-20-45-22-26(39)33-24(25(38)7-5-13-42-17-19-44-15-11-32-36-30)9-8-23(37)6-4-12-41-16-18-43-14-10-31-35-29;1-28(2,3)43-27(36)32-42-21-20-41-22-26(35)31-24(25(34)7-5-13-38-17-19-40-15-11-30)9-8-23(33)6-4-12-37-16-18-39-14-10-29;1-11(17)4-5-13(12(2)18)16-14(19)10-21-7-6-20-8-9-22-15-3;1-13-22-7-6-20-4-5-21-8-10(15)14-9(12(18)19)2-3-11(16)17;1-5(9)3-4-7(8)6(2)10;/h24H,4-22H2,1-3H3,(H,33,39)(H,34,40);24H,4-22,29-30H2,1-3H3,(H,31,35)(H,32,36);13,15H,4-10H2,1-3H3,(H,16,19);9,13H,2-8H2,1H3,(H,14,15)(H,16,17)(H,18,19);7H,3-4,8H2,1-2H3;1H/t2*24-;13-;9-;7-;/m00000./s1. The fourth-order valence-electron chi connectivity index (χ4n) is 10.3. The van der Waals surface area contributed by atoms with Crippen LogP contribution in [0.1, 0.15) is 185 Å². The van der Waals surface area contributed by atoms with Crippen LogP contribution in [0, 0.1) is 0 Å². The molecule has 0 saturated carbocycles. The van der Waals surface area contributed by atoms with E-state index < -0.39 is 83.3 Å². The quantitative estimate of drug-likeness (QED) is 0.0137. The van der Waals surface area contributed by atoms with Crippen LogP contribution in [0.5, 0.6) is 0 Å². The fourth-order valence-corrected chi connectivity index (χ4v) is 10.3. The highest BCUT2D eigenvalue weighted by Crippen LogP contribution is 2.13. The maximum absolute atomic E-state index is 12.9. The number of aliphatic carboxylic acids is 2. The molecule has 0 aliphatic carbocycles. The molecule has 842 valence electrons. The van der Waals surface area contributed by atoms with Crippen molar-refractivity contribution in [3.63, 3.8) is 0 Å². The lowest BCUT2D eigenvalue weighted by Gasteiger charge is -2.19. The molecule has 0 unspecified atom stereocenters. The number of carbonyl (C=O) groups is 16. The third kappa shape index (κ3) is 115. The van der Waals surface area contributed by atoms with E-state index in [1.165, 1.54) is 27.7 Å². The number of ether oxygens (including phenoxy) is 16. The van der Waals surface area contributed by atoms with Gasteiger partial charge in [0.05, 0.1) is 183 Å². The molecule has 0 spiro atoms. The molecule has 0 aromatic carbocycles. The summed E-state index contributed by atoms with van der Waals surface area (Å²) in [6.45, 7) is 24.8. The molecule has 56 heteroatoms. The number of Topliss-reactive ketones (excluding diaryl/α,β-unsaturated/α-hetero) is 8. The Morgan fingerprint density at radius 1 is 0.331 bits per heavy atom. The van der Waals surface area contributed by atoms with Crippen molar-refractivity contribution < 1.29 is 182 Å². The lowest BCUT2D eigenvalue weighted by molar-refractivity contribution is -0.144. The molecule has 0 aromatic heterocycles. The third-order valence-electron chi connectivity index (χ3n) is 17.2. The van der Waals surface area contributed by atoms with Crippen molar-refractivity contribution in [2.75, 3.05) is 252 Å². The molecule has 5 atom stereocenters. The normalized spacial score (nSPS) is 11.8. The number of halogens is 1. The summed E-state index contributed by atoms with van der Waals surface area (Å²) in [4.78, 5) is 211. The van der Waals surface area contributed by atoms with Crippen LogP contribution in [0.25, 0.3) is 20.9 Å². The maximum atomic E-state index is 12.9. The molecule has 145 heavy (non-hydrogen) atoms. The number of carboxylic acid groups (broad SMARTS) is 2. The Balaban J connectivity index is -0.000000448. The summed E-state index contributed by atoms with van der Waals surface area (Å²) in [5, 5.41) is 34.1. The topological polar surface area (TPSA) is 770 Å². The van der Waals surface area contributed by atoms with Gasteiger partial charge in [0.15, 0.2) is 17.3 Å². The van der Waals surface area contributed by atoms with Gasteiger partial charge >= 0.3 is 24.1 Å². The van der Waals surface area contributed by atoms with Crippen LogP contribution >= 0.6 is 12.4 Å². The number of nitrogens with two attached hydrogens (primary N) is 3. The van der Waals surface area contributed by atoms with Gasteiger partial charge in [-0.1, -0.05) is 10.2 Å². The van der Waals surface area contributed by atoms with Crippen LogP contribution in [0.3, 0.4) is 0 Å². The van der Waals surface area contributed by atoms with Crippen molar-refractivity contribution in [2.45, 2.75) is 226 Å². The van der Waals surface area contributed by atoms with Crippen LogP contribution in [0.4, 0.5) is 9.59 Å². The van der Waals surface area contributed by atoms with Crippen molar-refractivity contribution in [2.24, 2.45) is 27.4 Å². The first-order valence-corrected chi connectivity index (χ1v) is 47.4. The van der Waals surface area contributed by atoms with Gasteiger partial charge in [0.25, 0.3) is 0 Å². The van der Waals surface area contributed by atoms with E-state index >= 15 is 0 Å². The highest BCUT2D eigenvalue weighted by molar-refractivity contribution is 5.92. The lowest BCUT2D eigenvalue weighted by atomic mass is 10.00. The van der Waals surface area contributed by atoms with Crippen molar-refractivity contribution in [3.8, 4) is 0 Å². The van der Waals surface area contributed by atoms with Gasteiger partial charge in [-0.3, -0.25) is 72.1 Å². The zero-order valence-electron chi connectivity index (χ0n) is 86.5. The molecule has 55 nitrogen and oxygen atoms in total. The van der Waals surface area contributed by atoms with E-state index in [4.69, 9.17) is 134 Å². The zero-order chi connectivity index (χ0) is 109. The molecule has 0 bridgehead atoms. The second-order valence-electron chi connectivity index (χ2n) is 32.4. The molecule has 0 aromatic rings. The van der Waals surface area contributed by atoms with Gasteiger partial charge in [0.1, 0.15) is 72.6 Å². The number of rotatable bonds is 92. The van der Waals surface area contributed by atoms with Gasteiger partial charge in [-0.2, -0.15) is 11.0 Å². The average Bonchev–Trinajstić information content (AvgIpc) is 0.912. The fraction of sp³-hybridized carbons (Fsp3) is 0.820. The number of hydrogen-bond donors (Lipinski definition) is 13. The van der Waals surface area contributed by atoms with Crippen LogP contribution in [0.15, 0.2) is 10.2 Å². The predicted molar refractivity (Wildman–Crippen MR) is 522 cm³/mol. The number of amides is 6. The number of nitrogens with one attached hydrogen (secondary N) is 8. The molecule has 0 aliphatic rings. The monoisotopic (exact) mass is 2120 g/mol. The van der Waals surface area contributed by atoms with E-state index in [0.29, 0.717) is 197 Å². The summed E-state index contributed by atoms with van der Waals surface area (Å²) in [6, 6.07) is -4.07. The molecule has 6 amide bonds. The van der Waals surface area contributed by atoms with Crippen molar-refractivity contribution >= 4 is 106 Å². The van der Waals surface area contributed by atoms with Gasteiger partial charge in [0, 0.05) is 134 Å². The molecule has 0 aliphatic heterocycles. The summed E-state index contributed by atoms with van der Waals surface area (Å²) in [5.41, 5.74) is 40.4. The molecular formula is C89H166ClN17O38. The number of carboxylic acids is 2. The second-order valence-corrected chi connectivity index (χ2v) is 32.4. The largest absolute Gasteiger partial charge is 0.481 e. The highest BCUT2D eigenvalue weighted by atomic mass is 35.5. The van der Waals surface area contributed by atoms with Crippen molar-refractivity contribution in [1.29, 1.82) is 0 Å². The minimum atomic E-state index is -1.29. The summed E-state index contributed by atoms with van der Waals surface area (Å²) < 4.78 is 83.7. The summed E-state index contributed by atoms with van der Waals surface area (Å²) >= 11 is 0. The molecule has 0 fully saturated rings. The van der Waals surface area contributed by atoms with E-state index in [0.717, 1.165) is 0 Å². The number of hydrogen-bond acceptors (Lipinski definition) is 43. The molecule has 0 heterocycles. The number of carbonyl (C=O) groups excluding carboxylic acids is 14. The first kappa shape index (κ1) is 146. The van der Waals surface area contributed by atoms with E-state index in [9.17, 15) is 76.7 Å². The Hall–Kier alpha value is -9.29. The smallest absolute Gasteiger partial charge is 0.431 e. The summed E-state index contributed by atoms with van der Waals surface area (Å²) in [7, 11) is 3.29. The number of hydroxylamine groups is 4. The zero-order valence-corrected chi connectivity index (χ0v) is 87.3. The van der Waals surface area contributed by atoms with Crippen molar-refractivity contribution in [1.82, 2.24) is 43.2 Å². The lowest BCUT2D eigenvalue weighted by Crippen LogP contribution is -2.43. The molecular weight excluding hydrogens is 1950 g/mol. The molecule has 0 radical (unpaired) electrons. The van der Waals surface area contributed by atoms with Gasteiger partial charge in [-0.25, -0.2) is 25.3 Å². The Kier molecular flexibility index (Phi) is 106. The average molecular weight is 2120 g/mol. The second kappa shape index (κ2) is 105. The molecule has 0 rings (SSSR count). The van der Waals surface area contributed by atoms with Crippen LogP contribution in [-0.4, -0.2) is 397 Å². The summed E-state index contributed by atoms with van der Waals surface area (Å²) in [5.74, 6) is -5.19. The van der Waals surface area contributed by atoms with Crippen LogP contribution < -0.4 is 60.4 Å². The minimum Gasteiger partial charge on any atom is -0.481 e. The van der Waals surface area contributed by atoms with Gasteiger partial charge in [0.2, 0.25) is 23.6 Å². The molecule has 16 N–H and O–H groups in total. The predicted octanol–water partition coefficient (Wildman–Crippen LogP) is 2.43. The van der Waals surface area contributed by atoms with E-state index in [2.05, 4.69) is 63.2 Å². The maximum Gasteiger partial charge on any atom is 0.431 e. The van der Waals surface area contributed by atoms with Gasteiger partial charge < -0.3 is 134 Å². The van der Waals surface area contributed by atoms with E-state index in [-0.39, 0.29) is 221 Å². The number of ketones is 8. The van der Waals surface area contributed by atoms with Crippen LogP contribution in [-0.2, 0) is 162 Å². The first-order valence-electron chi connectivity index (χ1n) is 47.4. The Bertz CT molecular complexity index is 3470. The van der Waals surface area contributed by atoms with Crippen LogP contribution in [0.2, 0.25) is 0 Å². The number of azide groups is 2.